The lowest BCUT2D eigenvalue weighted by Gasteiger charge is -2.30. The molecular weight excluding hydrogens is 294 g/mol. The molecule has 0 radical (unpaired) electrons. The second-order valence-electron chi connectivity index (χ2n) is 5.28. The predicted molar refractivity (Wildman–Crippen MR) is 87.3 cm³/mol. The van der Waals surface area contributed by atoms with Gasteiger partial charge in [-0.05, 0) is 25.0 Å². The van der Waals surface area contributed by atoms with Gasteiger partial charge in [0.15, 0.2) is 0 Å². The molecule has 0 saturated carbocycles. The van der Waals surface area contributed by atoms with Gasteiger partial charge in [0.25, 0.3) is 6.35 Å². The fourth-order valence-corrected chi connectivity index (χ4v) is 2.37. The number of ether oxygens (including phenoxy) is 1. The largest absolute Gasteiger partial charge is 0.418 e. The lowest BCUT2D eigenvalue weighted by molar-refractivity contribution is -0.00940. The van der Waals surface area contributed by atoms with Crippen molar-refractivity contribution < 1.29 is 14.3 Å². The third-order valence-electron chi connectivity index (χ3n) is 3.43. The minimum absolute atomic E-state index is 0.166. The summed E-state index contributed by atoms with van der Waals surface area (Å²) in [4.78, 5) is 27.9. The molecule has 124 valence electrons. The SMILES string of the molecule is CCCN(CCC)C(=O)N1C=CNC1OC(=O)c1ccccc1. The first kappa shape index (κ1) is 16.9. The van der Waals surface area contributed by atoms with E-state index in [1.807, 2.05) is 19.9 Å². The Labute approximate surface area is 136 Å². The maximum Gasteiger partial charge on any atom is 0.341 e. The fraction of sp³-hybridized carbons (Fsp3) is 0.412. The Morgan fingerprint density at radius 1 is 1.17 bits per heavy atom. The number of esters is 1. The van der Waals surface area contributed by atoms with E-state index in [0.717, 1.165) is 12.8 Å². The molecular formula is C17H23N3O3. The molecule has 0 fully saturated rings. The van der Waals surface area contributed by atoms with Crippen LogP contribution in [0.3, 0.4) is 0 Å². The van der Waals surface area contributed by atoms with Gasteiger partial charge in [-0.3, -0.25) is 0 Å². The Bertz CT molecular complexity index is 553. The zero-order valence-electron chi connectivity index (χ0n) is 13.6. The topological polar surface area (TPSA) is 61.9 Å². The van der Waals surface area contributed by atoms with Crippen molar-refractivity contribution in [3.63, 3.8) is 0 Å². The molecule has 1 heterocycles. The van der Waals surface area contributed by atoms with E-state index in [-0.39, 0.29) is 6.03 Å². The second-order valence-corrected chi connectivity index (χ2v) is 5.28. The van der Waals surface area contributed by atoms with Gasteiger partial charge in [0, 0.05) is 25.5 Å². The van der Waals surface area contributed by atoms with E-state index < -0.39 is 12.3 Å². The molecule has 0 bridgehead atoms. The molecule has 1 aromatic carbocycles. The molecule has 2 rings (SSSR count). The van der Waals surface area contributed by atoms with Crippen LogP contribution in [-0.4, -0.2) is 41.2 Å². The first-order valence-electron chi connectivity index (χ1n) is 7.93. The molecule has 1 aliphatic rings. The summed E-state index contributed by atoms with van der Waals surface area (Å²) >= 11 is 0. The van der Waals surface area contributed by atoms with Gasteiger partial charge in [-0.25, -0.2) is 14.5 Å². The predicted octanol–water partition coefficient (Wildman–Crippen LogP) is 2.75. The van der Waals surface area contributed by atoms with Crippen molar-refractivity contribution in [2.45, 2.75) is 33.0 Å². The molecule has 1 N–H and O–H groups in total. The van der Waals surface area contributed by atoms with Crippen LogP contribution in [0.25, 0.3) is 0 Å². The summed E-state index contributed by atoms with van der Waals surface area (Å²) < 4.78 is 5.40. The van der Waals surface area contributed by atoms with E-state index >= 15 is 0 Å². The van der Waals surface area contributed by atoms with Crippen LogP contribution in [-0.2, 0) is 4.74 Å². The number of hydrogen-bond donors (Lipinski definition) is 1. The van der Waals surface area contributed by atoms with Crippen LogP contribution >= 0.6 is 0 Å². The summed E-state index contributed by atoms with van der Waals surface area (Å²) in [6.07, 6.45) is 4.16. The minimum atomic E-state index is -0.814. The van der Waals surface area contributed by atoms with Crippen LogP contribution in [0.15, 0.2) is 42.7 Å². The highest BCUT2D eigenvalue weighted by Gasteiger charge is 2.31. The Balaban J connectivity index is 2.02. The number of carbonyl (C=O) groups is 2. The van der Waals surface area contributed by atoms with Crippen LogP contribution in [0.1, 0.15) is 37.0 Å². The molecule has 1 aliphatic heterocycles. The lowest BCUT2D eigenvalue weighted by Crippen LogP contribution is -2.49. The molecule has 0 saturated heterocycles. The van der Waals surface area contributed by atoms with Crippen molar-refractivity contribution in [2.75, 3.05) is 13.1 Å². The Kier molecular flexibility index (Phi) is 6.02. The van der Waals surface area contributed by atoms with Crippen molar-refractivity contribution in [1.82, 2.24) is 15.1 Å². The smallest absolute Gasteiger partial charge is 0.341 e. The van der Waals surface area contributed by atoms with Gasteiger partial charge < -0.3 is 15.0 Å². The molecule has 0 spiro atoms. The number of carbonyl (C=O) groups excluding carboxylic acids is 2. The van der Waals surface area contributed by atoms with Gasteiger partial charge in [-0.1, -0.05) is 32.0 Å². The zero-order chi connectivity index (χ0) is 16.7. The summed E-state index contributed by atoms with van der Waals surface area (Å²) in [5, 5.41) is 2.88. The molecule has 0 aromatic heterocycles. The van der Waals surface area contributed by atoms with Crippen LogP contribution in [0.5, 0.6) is 0 Å². The maximum atomic E-state index is 12.6. The van der Waals surface area contributed by atoms with Crippen molar-refractivity contribution >= 4 is 12.0 Å². The average molecular weight is 317 g/mol. The normalized spacial score (nSPS) is 16.1. The highest BCUT2D eigenvalue weighted by molar-refractivity contribution is 5.89. The first-order valence-corrected chi connectivity index (χ1v) is 7.93. The van der Waals surface area contributed by atoms with Gasteiger partial charge in [-0.15, -0.1) is 0 Å². The maximum absolute atomic E-state index is 12.6. The summed E-state index contributed by atoms with van der Waals surface area (Å²) in [6.45, 7) is 5.41. The number of rotatable bonds is 6. The van der Waals surface area contributed by atoms with E-state index in [4.69, 9.17) is 4.74 Å². The van der Waals surface area contributed by atoms with E-state index in [1.165, 1.54) is 4.90 Å². The molecule has 1 aromatic rings. The van der Waals surface area contributed by atoms with Crippen LogP contribution < -0.4 is 5.32 Å². The molecule has 6 nitrogen and oxygen atoms in total. The monoisotopic (exact) mass is 317 g/mol. The highest BCUT2D eigenvalue weighted by atomic mass is 16.6. The van der Waals surface area contributed by atoms with Crippen molar-refractivity contribution in [3.05, 3.63) is 48.3 Å². The molecule has 1 unspecified atom stereocenters. The number of hydrogen-bond acceptors (Lipinski definition) is 4. The number of nitrogens with zero attached hydrogens (tertiary/aromatic N) is 2. The zero-order valence-corrected chi connectivity index (χ0v) is 13.6. The second kappa shape index (κ2) is 8.22. The average Bonchev–Trinajstić information content (AvgIpc) is 3.03. The van der Waals surface area contributed by atoms with E-state index in [1.54, 1.807) is 41.6 Å². The van der Waals surface area contributed by atoms with Gasteiger partial charge in [-0.2, -0.15) is 0 Å². The van der Waals surface area contributed by atoms with Crippen LogP contribution in [0.2, 0.25) is 0 Å². The summed E-state index contributed by atoms with van der Waals surface area (Å²) in [5.74, 6) is -0.470. The third kappa shape index (κ3) is 4.25. The lowest BCUT2D eigenvalue weighted by atomic mass is 10.2. The van der Waals surface area contributed by atoms with Crippen molar-refractivity contribution in [3.8, 4) is 0 Å². The minimum Gasteiger partial charge on any atom is -0.418 e. The standard InChI is InChI=1S/C17H23N3O3/c1-3-11-19(12-4-2)17(22)20-13-10-18-16(20)23-15(21)14-8-6-5-7-9-14/h5-10,13,16,18H,3-4,11-12H2,1-2H3. The Morgan fingerprint density at radius 3 is 2.43 bits per heavy atom. The number of amides is 2. The van der Waals surface area contributed by atoms with Gasteiger partial charge >= 0.3 is 12.0 Å². The molecule has 1 atom stereocenters. The summed E-state index contributed by atoms with van der Waals surface area (Å²) in [7, 11) is 0. The van der Waals surface area contributed by atoms with Gasteiger partial charge in [0.2, 0.25) is 0 Å². The molecule has 2 amide bonds. The van der Waals surface area contributed by atoms with E-state index in [9.17, 15) is 9.59 Å². The van der Waals surface area contributed by atoms with E-state index in [0.29, 0.717) is 18.7 Å². The van der Waals surface area contributed by atoms with Gasteiger partial charge in [0.1, 0.15) is 0 Å². The molecule has 0 aliphatic carbocycles. The van der Waals surface area contributed by atoms with Gasteiger partial charge in [0.05, 0.1) is 5.56 Å². The first-order chi connectivity index (χ1) is 11.2. The van der Waals surface area contributed by atoms with Crippen molar-refractivity contribution in [1.29, 1.82) is 0 Å². The highest BCUT2D eigenvalue weighted by Crippen LogP contribution is 2.13. The quantitative estimate of drug-likeness (QED) is 0.820. The Morgan fingerprint density at radius 2 is 1.83 bits per heavy atom. The van der Waals surface area contributed by atoms with Crippen LogP contribution in [0, 0.1) is 0 Å². The molecule has 23 heavy (non-hydrogen) atoms. The number of nitrogens with one attached hydrogen (secondary N) is 1. The van der Waals surface area contributed by atoms with Crippen LogP contribution in [0.4, 0.5) is 4.79 Å². The summed E-state index contributed by atoms with van der Waals surface area (Å²) in [6, 6.07) is 8.55. The Hall–Kier alpha value is -2.50. The molecule has 6 heteroatoms. The number of benzene rings is 1. The third-order valence-corrected chi connectivity index (χ3v) is 3.43. The fourth-order valence-electron chi connectivity index (χ4n) is 2.37. The number of urea groups is 1. The summed E-state index contributed by atoms with van der Waals surface area (Å²) in [5.41, 5.74) is 0.451. The van der Waals surface area contributed by atoms with Crippen molar-refractivity contribution in [2.24, 2.45) is 0 Å². The van der Waals surface area contributed by atoms with E-state index in [2.05, 4.69) is 5.32 Å².